The molecule has 4 heteroatoms. The summed E-state index contributed by atoms with van der Waals surface area (Å²) in [5, 5.41) is 0. The van der Waals surface area contributed by atoms with Crippen LogP contribution in [-0.2, 0) is 9.47 Å². The van der Waals surface area contributed by atoms with Crippen LogP contribution in [0.1, 0.15) is 57.8 Å². The Kier molecular flexibility index (Phi) is 3.53. The normalized spacial score (nSPS) is 44.2. The van der Waals surface area contributed by atoms with E-state index in [0.717, 1.165) is 13.0 Å². The molecule has 3 N–H and O–H groups in total. The number of rotatable bonds is 3. The van der Waals surface area contributed by atoms with Crippen molar-refractivity contribution in [1.82, 2.24) is 5.43 Å². The molecule has 4 rings (SSSR count). The Balaban J connectivity index is 1.47. The van der Waals surface area contributed by atoms with E-state index in [-0.39, 0.29) is 5.60 Å². The fraction of sp³-hybridized carbons (Fsp3) is 1.00. The predicted octanol–water partition coefficient (Wildman–Crippen LogP) is 2.13. The fourth-order valence-electron chi connectivity index (χ4n) is 5.40. The van der Waals surface area contributed by atoms with Gasteiger partial charge in [0, 0.05) is 18.6 Å². The molecule has 4 fully saturated rings. The lowest BCUT2D eigenvalue weighted by Gasteiger charge is -2.43. The minimum absolute atomic E-state index is 0.191. The average molecular weight is 280 g/mol. The van der Waals surface area contributed by atoms with Gasteiger partial charge in [0.15, 0.2) is 0 Å². The van der Waals surface area contributed by atoms with Crippen molar-refractivity contribution in [1.29, 1.82) is 0 Å². The lowest BCUT2D eigenvalue weighted by atomic mass is 9.73. The zero-order valence-electron chi connectivity index (χ0n) is 12.4. The highest BCUT2D eigenvalue weighted by Crippen LogP contribution is 2.47. The maximum Gasteiger partial charge on any atom is 0.0685 e. The van der Waals surface area contributed by atoms with Crippen LogP contribution in [0.5, 0.6) is 0 Å². The Morgan fingerprint density at radius 2 is 2.00 bits per heavy atom. The molecule has 5 unspecified atom stereocenters. The van der Waals surface area contributed by atoms with Gasteiger partial charge >= 0.3 is 0 Å². The molecule has 5 atom stereocenters. The van der Waals surface area contributed by atoms with Crippen molar-refractivity contribution in [2.24, 2.45) is 17.7 Å². The molecule has 3 saturated heterocycles. The van der Waals surface area contributed by atoms with Crippen molar-refractivity contribution in [3.05, 3.63) is 0 Å². The van der Waals surface area contributed by atoms with Crippen molar-refractivity contribution < 1.29 is 9.47 Å². The van der Waals surface area contributed by atoms with E-state index in [2.05, 4.69) is 5.43 Å². The van der Waals surface area contributed by atoms with Gasteiger partial charge in [-0.05, 0) is 50.9 Å². The Labute approximate surface area is 121 Å². The van der Waals surface area contributed by atoms with Crippen molar-refractivity contribution in [3.8, 4) is 0 Å². The number of nitrogens with two attached hydrogens (primary N) is 1. The summed E-state index contributed by atoms with van der Waals surface area (Å²) in [4.78, 5) is 0. The monoisotopic (exact) mass is 280 g/mol. The van der Waals surface area contributed by atoms with E-state index in [1.54, 1.807) is 0 Å². The van der Waals surface area contributed by atoms with E-state index in [1.165, 1.54) is 51.4 Å². The van der Waals surface area contributed by atoms with Crippen LogP contribution in [0, 0.1) is 11.8 Å². The number of hydrogen-bond acceptors (Lipinski definition) is 4. The zero-order chi connectivity index (χ0) is 13.6. The summed E-state index contributed by atoms with van der Waals surface area (Å²) in [7, 11) is 0. The Morgan fingerprint density at radius 1 is 1.15 bits per heavy atom. The molecule has 4 aliphatic rings. The first-order valence-corrected chi connectivity index (χ1v) is 8.55. The minimum Gasteiger partial charge on any atom is -0.375 e. The molecule has 0 radical (unpaired) electrons. The van der Waals surface area contributed by atoms with Gasteiger partial charge in [0.2, 0.25) is 0 Å². The highest BCUT2D eigenvalue weighted by atomic mass is 16.5. The molecule has 2 bridgehead atoms. The second-order valence-corrected chi connectivity index (χ2v) is 7.46. The highest BCUT2D eigenvalue weighted by Gasteiger charge is 2.49. The van der Waals surface area contributed by atoms with Gasteiger partial charge in [-0.25, -0.2) is 0 Å². The third-order valence-electron chi connectivity index (χ3n) is 6.36. The quantitative estimate of drug-likeness (QED) is 0.614. The third kappa shape index (κ3) is 2.21. The van der Waals surface area contributed by atoms with Crippen molar-refractivity contribution in [2.45, 2.75) is 81.6 Å². The summed E-state index contributed by atoms with van der Waals surface area (Å²) < 4.78 is 12.2. The maximum absolute atomic E-state index is 6.18. The first kappa shape index (κ1) is 13.5. The van der Waals surface area contributed by atoms with Gasteiger partial charge in [0.05, 0.1) is 17.8 Å². The second-order valence-electron chi connectivity index (χ2n) is 7.46. The first-order valence-electron chi connectivity index (χ1n) is 8.55. The molecule has 4 nitrogen and oxygen atoms in total. The first-order chi connectivity index (χ1) is 9.80. The molecule has 0 aromatic heterocycles. The number of fused-ring (bicyclic) bond motifs is 2. The molecule has 1 aliphatic carbocycles. The smallest absolute Gasteiger partial charge is 0.0685 e. The molecule has 0 aromatic carbocycles. The SMILES string of the molecule is NNC(C1CCOC2(CCCC2)C1)C1CC2CCC1O2. The van der Waals surface area contributed by atoms with Crippen LogP contribution in [0.15, 0.2) is 0 Å². The molecule has 3 aliphatic heterocycles. The lowest BCUT2D eigenvalue weighted by molar-refractivity contribution is -0.102. The van der Waals surface area contributed by atoms with E-state index < -0.39 is 0 Å². The predicted molar refractivity (Wildman–Crippen MR) is 77.0 cm³/mol. The summed E-state index contributed by atoms with van der Waals surface area (Å²) in [6.45, 7) is 0.921. The van der Waals surface area contributed by atoms with Crippen LogP contribution in [-0.4, -0.2) is 30.5 Å². The summed E-state index contributed by atoms with van der Waals surface area (Å²) in [6.07, 6.45) is 12.2. The van der Waals surface area contributed by atoms with Gasteiger partial charge < -0.3 is 9.47 Å². The van der Waals surface area contributed by atoms with Crippen LogP contribution in [0.25, 0.3) is 0 Å². The van der Waals surface area contributed by atoms with Crippen molar-refractivity contribution in [3.63, 3.8) is 0 Å². The maximum atomic E-state index is 6.18. The van der Waals surface area contributed by atoms with Crippen molar-refractivity contribution in [2.75, 3.05) is 6.61 Å². The van der Waals surface area contributed by atoms with E-state index in [4.69, 9.17) is 15.3 Å². The standard InChI is InChI=1S/C16H28N2O2/c17-18-15(13-9-12-3-4-14(13)20-12)11-5-8-19-16(10-11)6-1-2-7-16/h11-15,18H,1-10,17H2. The van der Waals surface area contributed by atoms with Gasteiger partial charge in [0.1, 0.15) is 0 Å². The topological polar surface area (TPSA) is 56.5 Å². The van der Waals surface area contributed by atoms with E-state index in [1.807, 2.05) is 0 Å². The van der Waals surface area contributed by atoms with E-state index in [9.17, 15) is 0 Å². The number of ether oxygens (including phenoxy) is 2. The van der Waals surface area contributed by atoms with Gasteiger partial charge in [-0.15, -0.1) is 0 Å². The van der Waals surface area contributed by atoms with Crippen LogP contribution in [0.2, 0.25) is 0 Å². The molecule has 0 amide bonds. The summed E-state index contributed by atoms with van der Waals surface area (Å²) in [6, 6.07) is 0.423. The van der Waals surface area contributed by atoms with Crippen LogP contribution >= 0.6 is 0 Å². The molecule has 3 heterocycles. The third-order valence-corrected chi connectivity index (χ3v) is 6.36. The minimum atomic E-state index is 0.191. The molecule has 114 valence electrons. The van der Waals surface area contributed by atoms with Crippen LogP contribution < -0.4 is 11.3 Å². The molecule has 20 heavy (non-hydrogen) atoms. The van der Waals surface area contributed by atoms with Crippen molar-refractivity contribution >= 4 is 0 Å². The van der Waals surface area contributed by atoms with Gasteiger partial charge in [0.25, 0.3) is 0 Å². The fourth-order valence-corrected chi connectivity index (χ4v) is 5.40. The molecule has 1 saturated carbocycles. The van der Waals surface area contributed by atoms with E-state index in [0.29, 0.717) is 30.1 Å². The Bertz CT molecular complexity index is 356. The van der Waals surface area contributed by atoms with Gasteiger partial charge in [-0.1, -0.05) is 12.8 Å². The second kappa shape index (κ2) is 5.24. The number of hydrogen-bond donors (Lipinski definition) is 2. The summed E-state index contributed by atoms with van der Waals surface area (Å²) >= 11 is 0. The highest BCUT2D eigenvalue weighted by molar-refractivity contribution is 5.00. The lowest BCUT2D eigenvalue weighted by Crippen LogP contribution is -2.53. The summed E-state index contributed by atoms with van der Waals surface area (Å²) in [5.74, 6) is 7.25. The van der Waals surface area contributed by atoms with Crippen LogP contribution in [0.4, 0.5) is 0 Å². The Morgan fingerprint density at radius 3 is 2.65 bits per heavy atom. The zero-order valence-corrected chi connectivity index (χ0v) is 12.4. The van der Waals surface area contributed by atoms with Crippen LogP contribution in [0.3, 0.4) is 0 Å². The molecular formula is C16H28N2O2. The van der Waals surface area contributed by atoms with Gasteiger partial charge in [-0.3, -0.25) is 11.3 Å². The average Bonchev–Trinajstić information content (AvgIpc) is 3.17. The summed E-state index contributed by atoms with van der Waals surface area (Å²) in [5.41, 5.74) is 3.36. The Hall–Kier alpha value is -0.160. The molecule has 0 aromatic rings. The van der Waals surface area contributed by atoms with E-state index >= 15 is 0 Å². The molecule has 1 spiro atoms. The largest absolute Gasteiger partial charge is 0.375 e. The number of nitrogens with one attached hydrogen (secondary N) is 1. The molecular weight excluding hydrogens is 252 g/mol. The van der Waals surface area contributed by atoms with Gasteiger partial charge in [-0.2, -0.15) is 0 Å². The number of hydrazine groups is 1.